The van der Waals surface area contributed by atoms with Gasteiger partial charge in [-0.1, -0.05) is 17.7 Å². The molecular formula is C13H13ClF3N3. The van der Waals surface area contributed by atoms with Crippen molar-refractivity contribution in [2.24, 2.45) is 5.73 Å². The van der Waals surface area contributed by atoms with E-state index >= 15 is 0 Å². The molecule has 0 fully saturated rings. The van der Waals surface area contributed by atoms with Crippen molar-refractivity contribution in [1.29, 1.82) is 0 Å². The Balaban J connectivity index is 2.31. The molecule has 1 aromatic heterocycles. The lowest BCUT2D eigenvalue weighted by atomic mass is 10.1. The molecule has 2 rings (SSSR count). The van der Waals surface area contributed by atoms with Crippen LogP contribution in [0.1, 0.15) is 18.2 Å². The van der Waals surface area contributed by atoms with Crippen LogP contribution in [0, 0.1) is 0 Å². The Labute approximate surface area is 119 Å². The lowest BCUT2D eigenvalue weighted by molar-refractivity contribution is -0.141. The number of halogens is 4. The van der Waals surface area contributed by atoms with Crippen molar-refractivity contribution in [2.75, 3.05) is 0 Å². The molecule has 3 nitrogen and oxygen atoms in total. The van der Waals surface area contributed by atoms with Crippen LogP contribution in [0.2, 0.25) is 5.02 Å². The van der Waals surface area contributed by atoms with Gasteiger partial charge < -0.3 is 5.73 Å². The van der Waals surface area contributed by atoms with E-state index in [1.54, 1.807) is 18.2 Å². The fourth-order valence-corrected chi connectivity index (χ4v) is 2.13. The topological polar surface area (TPSA) is 43.8 Å². The Morgan fingerprint density at radius 2 is 2.05 bits per heavy atom. The highest BCUT2D eigenvalue weighted by Crippen LogP contribution is 2.29. The molecule has 7 heteroatoms. The zero-order valence-electron chi connectivity index (χ0n) is 10.7. The van der Waals surface area contributed by atoms with Crippen molar-refractivity contribution in [1.82, 2.24) is 9.78 Å². The number of rotatable bonds is 3. The van der Waals surface area contributed by atoms with E-state index in [0.29, 0.717) is 17.1 Å². The summed E-state index contributed by atoms with van der Waals surface area (Å²) in [6.45, 7) is 1.87. The summed E-state index contributed by atoms with van der Waals surface area (Å²) in [5.41, 5.74) is 6.06. The second-order valence-corrected chi connectivity index (χ2v) is 5.02. The van der Waals surface area contributed by atoms with Gasteiger partial charge in [0, 0.05) is 12.2 Å². The summed E-state index contributed by atoms with van der Waals surface area (Å²) in [6.07, 6.45) is -2.59. The van der Waals surface area contributed by atoms with Crippen LogP contribution in [0.3, 0.4) is 0 Å². The molecule has 1 heterocycles. The first-order chi connectivity index (χ1) is 9.27. The Kier molecular flexibility index (Phi) is 4.06. The lowest BCUT2D eigenvalue weighted by Crippen LogP contribution is -2.17. The van der Waals surface area contributed by atoms with E-state index in [1.165, 1.54) is 6.20 Å². The van der Waals surface area contributed by atoms with Crippen LogP contribution in [0.5, 0.6) is 0 Å². The normalized spacial score (nSPS) is 13.5. The van der Waals surface area contributed by atoms with E-state index in [-0.39, 0.29) is 6.04 Å². The van der Waals surface area contributed by atoms with E-state index in [4.69, 9.17) is 17.3 Å². The fourth-order valence-electron chi connectivity index (χ4n) is 1.84. The number of aromatic nitrogens is 2. The SMILES string of the molecule is CC(N)Cc1ccc(-n2ccc(C(F)(F)F)n2)c(Cl)c1. The van der Waals surface area contributed by atoms with Gasteiger partial charge in [-0.3, -0.25) is 0 Å². The monoisotopic (exact) mass is 303 g/mol. The standard InChI is InChI=1S/C13H13ClF3N3/c1-8(18)6-9-2-3-11(10(14)7-9)20-5-4-12(19-20)13(15,16)17/h2-5,7-8H,6,18H2,1H3. The minimum Gasteiger partial charge on any atom is -0.328 e. The Morgan fingerprint density at radius 1 is 1.35 bits per heavy atom. The van der Waals surface area contributed by atoms with Gasteiger partial charge in [-0.05, 0) is 37.1 Å². The molecule has 0 aliphatic rings. The summed E-state index contributed by atoms with van der Waals surface area (Å²) in [7, 11) is 0. The van der Waals surface area contributed by atoms with E-state index in [1.807, 2.05) is 6.92 Å². The highest BCUT2D eigenvalue weighted by atomic mass is 35.5. The van der Waals surface area contributed by atoms with E-state index in [0.717, 1.165) is 16.3 Å². The maximum absolute atomic E-state index is 12.5. The van der Waals surface area contributed by atoms with E-state index in [2.05, 4.69) is 5.10 Å². The molecule has 1 aromatic carbocycles. The van der Waals surface area contributed by atoms with Gasteiger partial charge in [-0.25, -0.2) is 4.68 Å². The maximum atomic E-state index is 12.5. The first kappa shape index (κ1) is 14.9. The molecule has 0 aliphatic heterocycles. The van der Waals surface area contributed by atoms with Gasteiger partial charge in [0.15, 0.2) is 5.69 Å². The second-order valence-electron chi connectivity index (χ2n) is 4.61. The fraction of sp³-hybridized carbons (Fsp3) is 0.308. The van der Waals surface area contributed by atoms with Crippen LogP contribution in [0.25, 0.3) is 5.69 Å². The Morgan fingerprint density at radius 3 is 2.55 bits per heavy atom. The average molecular weight is 304 g/mol. The summed E-state index contributed by atoms with van der Waals surface area (Å²) in [6, 6.07) is 5.99. The van der Waals surface area contributed by atoms with Crippen molar-refractivity contribution in [3.8, 4) is 5.69 Å². The number of hydrogen-bond acceptors (Lipinski definition) is 2. The highest BCUT2D eigenvalue weighted by Gasteiger charge is 2.33. The van der Waals surface area contributed by atoms with Gasteiger partial charge in [0.05, 0.1) is 10.7 Å². The molecule has 0 aliphatic carbocycles. The lowest BCUT2D eigenvalue weighted by Gasteiger charge is -2.09. The minimum atomic E-state index is -4.47. The van der Waals surface area contributed by atoms with Crippen molar-refractivity contribution >= 4 is 11.6 Å². The molecule has 0 saturated heterocycles. The molecule has 20 heavy (non-hydrogen) atoms. The zero-order chi connectivity index (χ0) is 14.9. The summed E-state index contributed by atoms with van der Waals surface area (Å²) in [5, 5.41) is 3.82. The molecule has 1 unspecified atom stereocenters. The van der Waals surface area contributed by atoms with Gasteiger partial charge in [0.25, 0.3) is 0 Å². The van der Waals surface area contributed by atoms with Crippen LogP contribution in [0.4, 0.5) is 13.2 Å². The molecule has 1 atom stereocenters. The smallest absolute Gasteiger partial charge is 0.328 e. The third-order valence-corrected chi connectivity index (χ3v) is 3.00. The molecule has 0 bridgehead atoms. The molecular weight excluding hydrogens is 291 g/mol. The quantitative estimate of drug-likeness (QED) is 0.944. The predicted octanol–water partition coefficient (Wildman–Crippen LogP) is 3.43. The van der Waals surface area contributed by atoms with E-state index in [9.17, 15) is 13.2 Å². The van der Waals surface area contributed by atoms with Gasteiger partial charge in [0.2, 0.25) is 0 Å². The molecule has 2 aromatic rings. The summed E-state index contributed by atoms with van der Waals surface area (Å²) in [4.78, 5) is 0. The number of alkyl halides is 3. The van der Waals surface area contributed by atoms with Crippen LogP contribution >= 0.6 is 11.6 Å². The predicted molar refractivity (Wildman–Crippen MR) is 70.9 cm³/mol. The largest absolute Gasteiger partial charge is 0.435 e. The Bertz CT molecular complexity index is 605. The summed E-state index contributed by atoms with van der Waals surface area (Å²) >= 11 is 6.09. The third kappa shape index (κ3) is 3.32. The van der Waals surface area contributed by atoms with Crippen LogP contribution < -0.4 is 5.73 Å². The minimum absolute atomic E-state index is 0.0153. The first-order valence-corrected chi connectivity index (χ1v) is 6.32. The number of benzene rings is 1. The molecule has 0 spiro atoms. The van der Waals surface area contributed by atoms with Crippen LogP contribution in [0.15, 0.2) is 30.5 Å². The van der Waals surface area contributed by atoms with Crippen molar-refractivity contribution in [2.45, 2.75) is 25.6 Å². The Hall–Kier alpha value is -1.53. The molecule has 2 N–H and O–H groups in total. The molecule has 0 saturated carbocycles. The molecule has 0 amide bonds. The summed E-state index contributed by atoms with van der Waals surface area (Å²) < 4.78 is 38.6. The van der Waals surface area contributed by atoms with Crippen molar-refractivity contribution in [3.63, 3.8) is 0 Å². The van der Waals surface area contributed by atoms with Gasteiger partial charge >= 0.3 is 6.18 Å². The van der Waals surface area contributed by atoms with Gasteiger partial charge in [-0.2, -0.15) is 18.3 Å². The van der Waals surface area contributed by atoms with Crippen molar-refractivity contribution < 1.29 is 13.2 Å². The number of nitrogens with two attached hydrogens (primary N) is 1. The van der Waals surface area contributed by atoms with Crippen LogP contribution in [-0.4, -0.2) is 15.8 Å². The highest BCUT2D eigenvalue weighted by molar-refractivity contribution is 6.32. The molecule has 108 valence electrons. The maximum Gasteiger partial charge on any atom is 0.435 e. The number of nitrogens with zero attached hydrogens (tertiary/aromatic N) is 2. The molecule has 0 radical (unpaired) electrons. The zero-order valence-corrected chi connectivity index (χ0v) is 11.4. The number of hydrogen-bond donors (Lipinski definition) is 1. The average Bonchev–Trinajstić information content (AvgIpc) is 2.77. The van der Waals surface area contributed by atoms with Gasteiger partial charge in [-0.15, -0.1) is 0 Å². The van der Waals surface area contributed by atoms with E-state index < -0.39 is 11.9 Å². The van der Waals surface area contributed by atoms with Gasteiger partial charge in [0.1, 0.15) is 0 Å². The van der Waals surface area contributed by atoms with Crippen molar-refractivity contribution in [3.05, 3.63) is 46.7 Å². The third-order valence-electron chi connectivity index (χ3n) is 2.70. The first-order valence-electron chi connectivity index (χ1n) is 5.94. The van der Waals surface area contributed by atoms with Crippen LogP contribution in [-0.2, 0) is 12.6 Å². The second kappa shape index (κ2) is 5.46. The summed E-state index contributed by atoms with van der Waals surface area (Å²) in [5.74, 6) is 0.